The summed E-state index contributed by atoms with van der Waals surface area (Å²) >= 11 is 0. The van der Waals surface area contributed by atoms with Crippen LogP contribution in [0, 0.1) is 17.3 Å². The van der Waals surface area contributed by atoms with Crippen molar-refractivity contribution in [1.82, 2.24) is 5.32 Å². The number of methoxy groups -OCH3 is 1. The van der Waals surface area contributed by atoms with Crippen molar-refractivity contribution in [2.75, 3.05) is 7.11 Å². The monoisotopic (exact) mass is 363 g/mol. The summed E-state index contributed by atoms with van der Waals surface area (Å²) in [4.78, 5) is 23.6. The van der Waals surface area contributed by atoms with Gasteiger partial charge in [-0.05, 0) is 29.9 Å². The normalized spacial score (nSPS) is 18.9. The van der Waals surface area contributed by atoms with E-state index >= 15 is 0 Å². The molecule has 4 heteroatoms. The van der Waals surface area contributed by atoms with Gasteiger partial charge in [0, 0.05) is 12.3 Å². The van der Waals surface area contributed by atoms with Crippen LogP contribution in [0.25, 0.3) is 0 Å². The van der Waals surface area contributed by atoms with Crippen LogP contribution in [-0.2, 0) is 9.59 Å². The Morgan fingerprint density at radius 3 is 2.00 bits per heavy atom. The van der Waals surface area contributed by atoms with Gasteiger partial charge >= 0.3 is 0 Å². The molecule has 1 aliphatic rings. The maximum atomic E-state index is 11.8. The summed E-state index contributed by atoms with van der Waals surface area (Å²) in [6.07, 6.45) is 1.44. The van der Waals surface area contributed by atoms with E-state index < -0.39 is 0 Å². The number of rotatable bonds is 5. The molecular formula is C22H37NO3. The van der Waals surface area contributed by atoms with Crippen molar-refractivity contribution in [2.24, 2.45) is 17.3 Å². The zero-order chi connectivity index (χ0) is 20.3. The maximum Gasteiger partial charge on any atom is 0.223 e. The van der Waals surface area contributed by atoms with Gasteiger partial charge in [0.2, 0.25) is 5.91 Å². The van der Waals surface area contributed by atoms with E-state index in [2.05, 4.69) is 12.2 Å². The Kier molecular flexibility index (Phi) is 10.9. The summed E-state index contributed by atoms with van der Waals surface area (Å²) in [5.74, 6) is 1.70. The van der Waals surface area contributed by atoms with E-state index in [0.29, 0.717) is 12.3 Å². The van der Waals surface area contributed by atoms with E-state index in [1.807, 2.05) is 71.9 Å². The van der Waals surface area contributed by atoms with Gasteiger partial charge < -0.3 is 10.1 Å². The summed E-state index contributed by atoms with van der Waals surface area (Å²) in [6.45, 7) is 13.9. The maximum absolute atomic E-state index is 11.8. The second-order valence-corrected chi connectivity index (χ2v) is 7.46. The third kappa shape index (κ3) is 8.50. The van der Waals surface area contributed by atoms with E-state index in [1.54, 1.807) is 7.11 Å². The highest BCUT2D eigenvalue weighted by atomic mass is 16.5. The summed E-state index contributed by atoms with van der Waals surface area (Å²) in [5.41, 5.74) is -0.207. The lowest BCUT2D eigenvalue weighted by atomic mass is 9.83. The van der Waals surface area contributed by atoms with E-state index in [-0.39, 0.29) is 29.1 Å². The van der Waals surface area contributed by atoms with Gasteiger partial charge in [0.05, 0.1) is 13.2 Å². The Balaban J connectivity index is 0.000000522. The van der Waals surface area contributed by atoms with Gasteiger partial charge in [-0.1, -0.05) is 66.7 Å². The number of benzene rings is 1. The van der Waals surface area contributed by atoms with E-state index in [0.717, 1.165) is 12.2 Å². The number of nitrogens with one attached hydrogen (secondary N) is 1. The van der Waals surface area contributed by atoms with Crippen molar-refractivity contribution >= 4 is 11.7 Å². The number of carbonyl (C=O) groups excluding carboxylic acids is 2. The highest BCUT2D eigenvalue weighted by Crippen LogP contribution is 2.38. The number of ketones is 1. The Hall–Kier alpha value is -1.84. The summed E-state index contributed by atoms with van der Waals surface area (Å²) < 4.78 is 4.91. The third-order valence-electron chi connectivity index (χ3n) is 4.25. The van der Waals surface area contributed by atoms with Crippen LogP contribution in [0.4, 0.5) is 0 Å². The van der Waals surface area contributed by atoms with Crippen LogP contribution in [0.1, 0.15) is 61.3 Å². The lowest BCUT2D eigenvalue weighted by Gasteiger charge is -2.30. The van der Waals surface area contributed by atoms with Gasteiger partial charge in [-0.25, -0.2) is 0 Å². The number of Topliss-reactive ketones (excluding diaryl/α,β-unsaturated/α-hetero) is 1. The van der Waals surface area contributed by atoms with Crippen LogP contribution in [0.15, 0.2) is 30.3 Å². The minimum atomic E-state index is -0.349. The standard InChI is InChI=1S/C13H23NO2.C7H8O.C2H6/c1-6-10(15)11(13(3,4)5)14-12(16)9-7-8(9)2;1-8-7-5-3-2-4-6-7;1-2/h8-9,11H,6-7H2,1-5H3,(H,14,16);2-6H,1H3;1-2H3/t8-,9?,11?;;/m1../s1. The van der Waals surface area contributed by atoms with Gasteiger partial charge in [-0.2, -0.15) is 0 Å². The molecule has 0 aliphatic heterocycles. The summed E-state index contributed by atoms with van der Waals surface area (Å²) in [5, 5.41) is 2.91. The van der Waals surface area contributed by atoms with Crippen LogP contribution in [0.5, 0.6) is 5.75 Å². The lowest BCUT2D eigenvalue weighted by molar-refractivity contribution is -0.130. The molecule has 0 radical (unpaired) electrons. The second kappa shape index (κ2) is 11.7. The molecule has 4 nitrogen and oxygen atoms in total. The van der Waals surface area contributed by atoms with Gasteiger partial charge in [0.15, 0.2) is 5.78 Å². The average molecular weight is 364 g/mol. The summed E-state index contributed by atoms with van der Waals surface area (Å²) in [6, 6.07) is 9.33. The molecular weight excluding hydrogens is 326 g/mol. The molecule has 0 heterocycles. The number of amides is 1. The van der Waals surface area contributed by atoms with Crippen LogP contribution in [0.2, 0.25) is 0 Å². The van der Waals surface area contributed by atoms with Crippen LogP contribution in [-0.4, -0.2) is 24.8 Å². The number of para-hydroxylation sites is 1. The molecule has 1 N–H and O–H groups in total. The quantitative estimate of drug-likeness (QED) is 0.811. The van der Waals surface area contributed by atoms with E-state index in [9.17, 15) is 9.59 Å². The molecule has 0 aromatic heterocycles. The molecule has 0 saturated heterocycles. The van der Waals surface area contributed by atoms with Crippen molar-refractivity contribution in [3.8, 4) is 5.75 Å². The average Bonchev–Trinajstić information content (AvgIpc) is 3.37. The molecule has 2 unspecified atom stereocenters. The molecule has 2 rings (SSSR count). The van der Waals surface area contributed by atoms with Gasteiger partial charge in [-0.3, -0.25) is 9.59 Å². The Bertz CT molecular complexity index is 534. The fourth-order valence-electron chi connectivity index (χ4n) is 2.48. The highest BCUT2D eigenvalue weighted by Gasteiger charge is 2.41. The first-order valence-corrected chi connectivity index (χ1v) is 9.62. The lowest BCUT2D eigenvalue weighted by Crippen LogP contribution is -2.49. The zero-order valence-electron chi connectivity index (χ0n) is 17.8. The Labute approximate surface area is 159 Å². The second-order valence-electron chi connectivity index (χ2n) is 7.46. The van der Waals surface area contributed by atoms with Gasteiger partial charge in [0.1, 0.15) is 5.75 Å². The number of ether oxygens (including phenoxy) is 1. The van der Waals surface area contributed by atoms with Crippen molar-refractivity contribution in [3.05, 3.63) is 30.3 Å². The number of hydrogen-bond acceptors (Lipinski definition) is 3. The van der Waals surface area contributed by atoms with Crippen LogP contribution in [0.3, 0.4) is 0 Å². The molecule has 3 atom stereocenters. The molecule has 26 heavy (non-hydrogen) atoms. The number of carbonyl (C=O) groups is 2. The van der Waals surface area contributed by atoms with Gasteiger partial charge in [-0.15, -0.1) is 0 Å². The first-order valence-electron chi connectivity index (χ1n) is 9.62. The topological polar surface area (TPSA) is 55.4 Å². The van der Waals surface area contributed by atoms with Crippen LogP contribution < -0.4 is 10.1 Å². The first-order chi connectivity index (χ1) is 12.2. The van der Waals surface area contributed by atoms with Crippen molar-refractivity contribution in [2.45, 2.75) is 67.3 Å². The number of hydrogen-bond donors (Lipinski definition) is 1. The molecule has 1 amide bonds. The highest BCUT2D eigenvalue weighted by molar-refractivity contribution is 5.91. The zero-order valence-corrected chi connectivity index (χ0v) is 17.8. The molecule has 1 aromatic carbocycles. The molecule has 0 spiro atoms. The third-order valence-corrected chi connectivity index (χ3v) is 4.25. The molecule has 148 valence electrons. The fraction of sp³-hybridized carbons (Fsp3) is 0.636. The predicted octanol–water partition coefficient (Wildman–Crippen LogP) is 4.87. The van der Waals surface area contributed by atoms with Crippen molar-refractivity contribution in [3.63, 3.8) is 0 Å². The minimum Gasteiger partial charge on any atom is -0.497 e. The SMILES string of the molecule is CC.CCC(=O)C(NC(=O)C1C[C@H]1C)C(C)(C)C.COc1ccccc1. The molecule has 1 aliphatic carbocycles. The van der Waals surface area contributed by atoms with Crippen molar-refractivity contribution < 1.29 is 14.3 Å². The van der Waals surface area contributed by atoms with Gasteiger partial charge in [0.25, 0.3) is 0 Å². The van der Waals surface area contributed by atoms with Crippen LogP contribution >= 0.6 is 0 Å². The molecule has 1 aromatic rings. The largest absolute Gasteiger partial charge is 0.497 e. The fourth-order valence-corrected chi connectivity index (χ4v) is 2.48. The Morgan fingerprint density at radius 1 is 1.19 bits per heavy atom. The smallest absolute Gasteiger partial charge is 0.223 e. The summed E-state index contributed by atoms with van der Waals surface area (Å²) in [7, 11) is 1.66. The Morgan fingerprint density at radius 2 is 1.69 bits per heavy atom. The van der Waals surface area contributed by atoms with E-state index in [1.165, 1.54) is 0 Å². The predicted molar refractivity (Wildman–Crippen MR) is 108 cm³/mol. The molecule has 1 saturated carbocycles. The molecule has 1 fully saturated rings. The molecule has 0 bridgehead atoms. The van der Waals surface area contributed by atoms with E-state index in [4.69, 9.17) is 4.74 Å². The minimum absolute atomic E-state index is 0.0502. The van der Waals surface area contributed by atoms with Crippen molar-refractivity contribution in [1.29, 1.82) is 0 Å². The first kappa shape index (κ1) is 24.2.